The van der Waals surface area contributed by atoms with Crippen LogP contribution in [0.1, 0.15) is 12.2 Å². The van der Waals surface area contributed by atoms with Crippen LogP contribution in [0.25, 0.3) is 0 Å². The van der Waals surface area contributed by atoms with E-state index in [4.69, 9.17) is 0 Å². The highest BCUT2D eigenvalue weighted by atomic mass is 16.1. The summed E-state index contributed by atoms with van der Waals surface area (Å²) in [6, 6.07) is 3.85. The van der Waals surface area contributed by atoms with E-state index >= 15 is 0 Å². The van der Waals surface area contributed by atoms with Crippen LogP contribution in [0.15, 0.2) is 30.9 Å². The molecule has 1 aliphatic heterocycles. The molecule has 0 unspecified atom stereocenters. The first-order valence-electron chi connectivity index (χ1n) is 6.61. The predicted molar refractivity (Wildman–Crippen MR) is 73.0 cm³/mol. The lowest BCUT2D eigenvalue weighted by atomic mass is 10.1. The Hall–Kier alpha value is -2.28. The van der Waals surface area contributed by atoms with Gasteiger partial charge in [0.05, 0.1) is 25.0 Å². The Morgan fingerprint density at radius 3 is 3.30 bits per heavy atom. The summed E-state index contributed by atoms with van der Waals surface area (Å²) in [4.78, 5) is 19.9. The van der Waals surface area contributed by atoms with Crippen LogP contribution in [0.5, 0.6) is 0 Å². The first-order chi connectivity index (χ1) is 9.81. The molecule has 7 nitrogen and oxygen atoms in total. The van der Waals surface area contributed by atoms with Crippen molar-refractivity contribution in [3.05, 3.63) is 36.7 Å². The highest BCUT2D eigenvalue weighted by Gasteiger charge is 2.19. The number of aryl methyl sites for hydroxylation is 1. The van der Waals surface area contributed by atoms with E-state index in [9.17, 15) is 4.79 Å². The second-order valence-corrected chi connectivity index (χ2v) is 4.76. The number of rotatable bonds is 4. The van der Waals surface area contributed by atoms with Gasteiger partial charge in [-0.3, -0.25) is 9.78 Å². The molecule has 0 saturated carbocycles. The molecule has 2 aromatic heterocycles. The van der Waals surface area contributed by atoms with Gasteiger partial charge < -0.3 is 10.6 Å². The van der Waals surface area contributed by atoms with E-state index in [0.717, 1.165) is 25.2 Å². The molecule has 20 heavy (non-hydrogen) atoms. The van der Waals surface area contributed by atoms with Gasteiger partial charge in [-0.05, 0) is 18.6 Å². The summed E-state index contributed by atoms with van der Waals surface area (Å²) in [6.45, 7) is 1.04. The molecule has 0 bridgehead atoms. The molecule has 0 spiro atoms. The third-order valence-electron chi connectivity index (χ3n) is 3.30. The molecule has 2 N–H and O–H groups in total. The number of fused-ring (bicyclic) bond motifs is 1. The Morgan fingerprint density at radius 2 is 2.45 bits per heavy atom. The molecule has 2 aromatic rings. The number of carbonyl (C=O) groups excluding carboxylic acids is 1. The third-order valence-corrected chi connectivity index (χ3v) is 3.30. The van der Waals surface area contributed by atoms with Crippen LogP contribution in [-0.2, 0) is 17.8 Å². The number of aromatic nitrogens is 4. The topological polar surface area (TPSA) is 84.7 Å². The van der Waals surface area contributed by atoms with E-state index in [1.807, 2.05) is 10.7 Å². The Balaban J connectivity index is 1.47. The summed E-state index contributed by atoms with van der Waals surface area (Å²) in [7, 11) is 0. The molecule has 0 aromatic carbocycles. The van der Waals surface area contributed by atoms with Crippen LogP contribution < -0.4 is 10.6 Å². The molecule has 1 aliphatic rings. The molecule has 3 heterocycles. The fourth-order valence-corrected chi connectivity index (χ4v) is 2.28. The number of carbonyl (C=O) groups is 1. The average Bonchev–Trinajstić information content (AvgIpc) is 2.93. The number of pyridine rings is 1. The van der Waals surface area contributed by atoms with Gasteiger partial charge in [0.2, 0.25) is 5.91 Å². The summed E-state index contributed by atoms with van der Waals surface area (Å²) in [5, 5.41) is 10.2. The van der Waals surface area contributed by atoms with Gasteiger partial charge in [0.15, 0.2) is 0 Å². The van der Waals surface area contributed by atoms with Crippen LogP contribution in [0, 0.1) is 0 Å². The quantitative estimate of drug-likeness (QED) is 0.831. The van der Waals surface area contributed by atoms with E-state index in [2.05, 4.69) is 25.7 Å². The van der Waals surface area contributed by atoms with E-state index in [0.29, 0.717) is 5.69 Å². The zero-order valence-electron chi connectivity index (χ0n) is 11.0. The van der Waals surface area contributed by atoms with Crippen molar-refractivity contribution in [3.8, 4) is 0 Å². The first kappa shape index (κ1) is 12.7. The predicted octanol–water partition coefficient (Wildman–Crippen LogP) is 0.216. The maximum atomic E-state index is 11.8. The van der Waals surface area contributed by atoms with Gasteiger partial charge in [-0.25, -0.2) is 9.67 Å². The maximum Gasteiger partial charge on any atom is 0.238 e. The van der Waals surface area contributed by atoms with Crippen LogP contribution in [0.2, 0.25) is 0 Å². The number of nitrogens with one attached hydrogen (secondary N) is 2. The summed E-state index contributed by atoms with van der Waals surface area (Å²) in [6.07, 6.45) is 6.74. The van der Waals surface area contributed by atoms with Gasteiger partial charge in [0.25, 0.3) is 0 Å². The zero-order chi connectivity index (χ0) is 13.8. The van der Waals surface area contributed by atoms with E-state index < -0.39 is 0 Å². The summed E-state index contributed by atoms with van der Waals surface area (Å²) in [5.74, 6) is 0.949. The van der Waals surface area contributed by atoms with Gasteiger partial charge in [0.1, 0.15) is 12.2 Å². The van der Waals surface area contributed by atoms with Gasteiger partial charge in [-0.1, -0.05) is 0 Å². The lowest BCUT2D eigenvalue weighted by molar-refractivity contribution is -0.115. The van der Waals surface area contributed by atoms with Crippen LogP contribution in [0.3, 0.4) is 0 Å². The zero-order valence-corrected chi connectivity index (χ0v) is 11.0. The van der Waals surface area contributed by atoms with Crippen molar-refractivity contribution < 1.29 is 4.79 Å². The van der Waals surface area contributed by atoms with Crippen molar-refractivity contribution in [1.82, 2.24) is 25.1 Å². The van der Waals surface area contributed by atoms with Gasteiger partial charge in [-0.15, -0.1) is 0 Å². The Labute approximate surface area is 116 Å². The van der Waals surface area contributed by atoms with Gasteiger partial charge in [-0.2, -0.15) is 5.10 Å². The van der Waals surface area contributed by atoms with Gasteiger partial charge >= 0.3 is 0 Å². The van der Waals surface area contributed by atoms with Crippen molar-refractivity contribution in [2.24, 2.45) is 0 Å². The number of anilines is 1. The fourth-order valence-electron chi connectivity index (χ4n) is 2.28. The Morgan fingerprint density at radius 1 is 1.50 bits per heavy atom. The van der Waals surface area contributed by atoms with Gasteiger partial charge in [0, 0.05) is 18.7 Å². The number of hydrogen-bond acceptors (Lipinski definition) is 5. The molecule has 3 rings (SSSR count). The highest BCUT2D eigenvalue weighted by molar-refractivity contribution is 5.92. The van der Waals surface area contributed by atoms with E-state index in [1.165, 1.54) is 0 Å². The molecule has 1 atom stereocenters. The van der Waals surface area contributed by atoms with Crippen molar-refractivity contribution in [2.75, 3.05) is 11.9 Å². The Bertz CT molecular complexity index is 582. The average molecular weight is 272 g/mol. The number of nitrogens with zero attached hydrogens (tertiary/aromatic N) is 4. The Kier molecular flexibility index (Phi) is 3.69. The molecule has 104 valence electrons. The maximum absolute atomic E-state index is 11.8. The molecule has 7 heteroatoms. The minimum absolute atomic E-state index is 0.0672. The van der Waals surface area contributed by atoms with Crippen LogP contribution >= 0.6 is 0 Å². The van der Waals surface area contributed by atoms with Crippen LogP contribution in [0.4, 0.5) is 5.69 Å². The lowest BCUT2D eigenvalue weighted by Gasteiger charge is -2.23. The monoisotopic (exact) mass is 272 g/mol. The highest BCUT2D eigenvalue weighted by Crippen LogP contribution is 2.11. The van der Waals surface area contributed by atoms with Crippen LogP contribution in [-0.4, -0.2) is 38.2 Å². The summed E-state index contributed by atoms with van der Waals surface area (Å²) < 4.78 is 1.89. The SMILES string of the molecule is O=C(CN[C@@H]1CCc2ncnn2C1)Nc1cccnc1. The molecular formula is C13H16N6O. The standard InChI is InChI=1S/C13H16N6O/c20-13(18-10-2-1-5-14-6-10)7-15-11-3-4-12-16-9-17-19(12)8-11/h1-2,5-6,9,11,15H,3-4,7-8H2,(H,18,20)/t11-/m1/s1. The summed E-state index contributed by atoms with van der Waals surface area (Å²) in [5.41, 5.74) is 0.710. The van der Waals surface area contributed by atoms with E-state index in [-0.39, 0.29) is 18.5 Å². The smallest absolute Gasteiger partial charge is 0.238 e. The second kappa shape index (κ2) is 5.79. The summed E-state index contributed by atoms with van der Waals surface area (Å²) >= 11 is 0. The second-order valence-electron chi connectivity index (χ2n) is 4.76. The minimum Gasteiger partial charge on any atom is -0.324 e. The third kappa shape index (κ3) is 3.00. The number of hydrogen-bond donors (Lipinski definition) is 2. The van der Waals surface area contributed by atoms with E-state index in [1.54, 1.807) is 24.8 Å². The lowest BCUT2D eigenvalue weighted by Crippen LogP contribution is -2.41. The molecule has 0 aliphatic carbocycles. The molecule has 1 amide bonds. The van der Waals surface area contributed by atoms with Crippen molar-refractivity contribution >= 4 is 11.6 Å². The fraction of sp³-hybridized carbons (Fsp3) is 0.385. The molecular weight excluding hydrogens is 256 g/mol. The van der Waals surface area contributed by atoms with Crippen molar-refractivity contribution in [3.63, 3.8) is 0 Å². The first-order valence-corrected chi connectivity index (χ1v) is 6.61. The molecule has 0 radical (unpaired) electrons. The normalized spacial score (nSPS) is 17.5. The largest absolute Gasteiger partial charge is 0.324 e. The number of amides is 1. The van der Waals surface area contributed by atoms with Crippen molar-refractivity contribution in [1.29, 1.82) is 0 Å². The molecule has 0 fully saturated rings. The minimum atomic E-state index is -0.0672. The molecule has 0 saturated heterocycles. The van der Waals surface area contributed by atoms with Crippen molar-refractivity contribution in [2.45, 2.75) is 25.4 Å².